The third-order valence-electron chi connectivity index (χ3n) is 3.18. The Bertz CT molecular complexity index is 460. The predicted molar refractivity (Wildman–Crippen MR) is 89.8 cm³/mol. The molecule has 1 aromatic rings. The molecule has 5 heteroatoms. The van der Waals surface area contributed by atoms with Crippen molar-refractivity contribution in [3.8, 4) is 0 Å². The van der Waals surface area contributed by atoms with Gasteiger partial charge < -0.3 is 10.6 Å². The van der Waals surface area contributed by atoms with Gasteiger partial charge in [0.05, 0.1) is 6.54 Å². The van der Waals surface area contributed by atoms with Crippen molar-refractivity contribution in [2.45, 2.75) is 31.1 Å². The highest BCUT2D eigenvalue weighted by Crippen LogP contribution is 2.28. The number of hydrogen-bond acceptors (Lipinski definition) is 2. The molecule has 0 aliphatic heterocycles. The molecular weight excluding hydrogens is 290 g/mol. The quantitative estimate of drug-likeness (QED) is 0.624. The molecule has 1 unspecified atom stereocenters. The molecule has 1 aliphatic rings. The van der Waals surface area contributed by atoms with Gasteiger partial charge in [-0.2, -0.15) is 11.8 Å². The van der Waals surface area contributed by atoms with Crippen LogP contribution in [-0.2, 0) is 0 Å². The summed E-state index contributed by atoms with van der Waals surface area (Å²) in [5.41, 5.74) is 1.23. The molecular formula is C15H22ClN3S. The number of guanidine groups is 1. The van der Waals surface area contributed by atoms with E-state index in [2.05, 4.69) is 29.9 Å². The van der Waals surface area contributed by atoms with Crippen molar-refractivity contribution >= 4 is 29.3 Å². The van der Waals surface area contributed by atoms with Crippen LogP contribution in [0.2, 0.25) is 5.02 Å². The third-order valence-corrected chi connectivity index (χ3v) is 4.41. The molecule has 0 saturated heterocycles. The first-order valence-electron chi connectivity index (χ1n) is 7.06. The minimum absolute atomic E-state index is 0.336. The van der Waals surface area contributed by atoms with Gasteiger partial charge in [0.15, 0.2) is 5.96 Å². The first kappa shape index (κ1) is 15.5. The summed E-state index contributed by atoms with van der Waals surface area (Å²) >= 11 is 7.87. The fraction of sp³-hybridized carbons (Fsp3) is 0.533. The van der Waals surface area contributed by atoms with Crippen LogP contribution in [0.5, 0.6) is 0 Å². The van der Waals surface area contributed by atoms with Gasteiger partial charge in [-0.3, -0.25) is 4.99 Å². The van der Waals surface area contributed by atoms with Crippen molar-refractivity contribution in [2.75, 3.05) is 19.3 Å². The summed E-state index contributed by atoms with van der Waals surface area (Å²) in [5.74, 6) is 0.927. The van der Waals surface area contributed by atoms with E-state index in [1.807, 2.05) is 18.2 Å². The Morgan fingerprint density at radius 3 is 2.90 bits per heavy atom. The van der Waals surface area contributed by atoms with E-state index in [0.29, 0.717) is 11.3 Å². The molecule has 0 spiro atoms. The van der Waals surface area contributed by atoms with E-state index >= 15 is 0 Å². The van der Waals surface area contributed by atoms with Crippen molar-refractivity contribution in [3.63, 3.8) is 0 Å². The number of aliphatic imine (C=N–C) groups is 1. The maximum Gasteiger partial charge on any atom is 0.191 e. The molecule has 1 aromatic carbocycles. The largest absolute Gasteiger partial charge is 0.357 e. The SMILES string of the molecule is CCNC(=NCC(SC)c1cccc(Cl)c1)NC1CC1. The summed E-state index contributed by atoms with van der Waals surface area (Å²) in [5, 5.41) is 7.86. The first-order chi connectivity index (χ1) is 9.72. The fourth-order valence-corrected chi connectivity index (χ4v) is 2.78. The number of benzene rings is 1. The summed E-state index contributed by atoms with van der Waals surface area (Å²) in [6.07, 6.45) is 4.62. The molecule has 3 nitrogen and oxygen atoms in total. The second kappa shape index (κ2) is 7.79. The minimum Gasteiger partial charge on any atom is -0.357 e. The van der Waals surface area contributed by atoms with Crippen LogP contribution in [-0.4, -0.2) is 31.3 Å². The molecule has 0 radical (unpaired) electrons. The Labute approximate surface area is 130 Å². The minimum atomic E-state index is 0.336. The van der Waals surface area contributed by atoms with Crippen molar-refractivity contribution < 1.29 is 0 Å². The molecule has 1 aliphatic carbocycles. The van der Waals surface area contributed by atoms with Gasteiger partial charge in [-0.05, 0) is 43.7 Å². The van der Waals surface area contributed by atoms with Gasteiger partial charge in [0.2, 0.25) is 0 Å². The smallest absolute Gasteiger partial charge is 0.191 e. The number of nitrogens with one attached hydrogen (secondary N) is 2. The summed E-state index contributed by atoms with van der Waals surface area (Å²) < 4.78 is 0. The molecule has 110 valence electrons. The topological polar surface area (TPSA) is 36.4 Å². The highest BCUT2D eigenvalue weighted by molar-refractivity contribution is 7.98. The van der Waals surface area contributed by atoms with Crippen molar-refractivity contribution in [3.05, 3.63) is 34.9 Å². The lowest BCUT2D eigenvalue weighted by atomic mass is 10.1. The van der Waals surface area contributed by atoms with Crippen LogP contribution in [0.3, 0.4) is 0 Å². The van der Waals surface area contributed by atoms with E-state index in [4.69, 9.17) is 16.6 Å². The Morgan fingerprint density at radius 2 is 2.30 bits per heavy atom. The molecule has 2 N–H and O–H groups in total. The standard InChI is InChI=1S/C15H22ClN3S/c1-3-17-15(19-13-7-8-13)18-10-14(20-2)11-5-4-6-12(16)9-11/h4-6,9,13-14H,3,7-8,10H2,1-2H3,(H2,17,18,19). The van der Waals surface area contributed by atoms with E-state index in [9.17, 15) is 0 Å². The van der Waals surface area contributed by atoms with Crippen LogP contribution in [0.25, 0.3) is 0 Å². The number of hydrogen-bond donors (Lipinski definition) is 2. The Balaban J connectivity index is 2.00. The van der Waals surface area contributed by atoms with Gasteiger partial charge >= 0.3 is 0 Å². The summed E-state index contributed by atoms with van der Waals surface area (Å²) in [6, 6.07) is 8.66. The Kier molecular flexibility index (Phi) is 6.05. The van der Waals surface area contributed by atoms with E-state index in [0.717, 1.165) is 24.1 Å². The summed E-state index contributed by atoms with van der Waals surface area (Å²) in [7, 11) is 0. The van der Waals surface area contributed by atoms with Gasteiger partial charge in [0.25, 0.3) is 0 Å². The Morgan fingerprint density at radius 1 is 1.50 bits per heavy atom. The van der Waals surface area contributed by atoms with E-state index in [1.165, 1.54) is 18.4 Å². The van der Waals surface area contributed by atoms with E-state index in [-0.39, 0.29) is 0 Å². The van der Waals surface area contributed by atoms with Crippen molar-refractivity contribution in [1.29, 1.82) is 0 Å². The lowest BCUT2D eigenvalue weighted by molar-refractivity contribution is 0.805. The van der Waals surface area contributed by atoms with Crippen LogP contribution in [0.15, 0.2) is 29.3 Å². The summed E-state index contributed by atoms with van der Waals surface area (Å²) in [6.45, 7) is 3.73. The molecule has 2 rings (SSSR count). The van der Waals surface area contributed by atoms with Gasteiger partial charge in [-0.1, -0.05) is 23.7 Å². The van der Waals surface area contributed by atoms with Gasteiger partial charge in [-0.15, -0.1) is 0 Å². The van der Waals surface area contributed by atoms with Gasteiger partial charge in [0, 0.05) is 22.9 Å². The van der Waals surface area contributed by atoms with Crippen LogP contribution in [0, 0.1) is 0 Å². The van der Waals surface area contributed by atoms with Gasteiger partial charge in [0.1, 0.15) is 0 Å². The van der Waals surface area contributed by atoms with Gasteiger partial charge in [-0.25, -0.2) is 0 Å². The molecule has 0 amide bonds. The maximum atomic E-state index is 6.07. The number of thioether (sulfide) groups is 1. The first-order valence-corrected chi connectivity index (χ1v) is 8.72. The molecule has 1 saturated carbocycles. The average molecular weight is 312 g/mol. The van der Waals surface area contributed by atoms with Crippen LogP contribution < -0.4 is 10.6 Å². The van der Waals surface area contributed by atoms with E-state index < -0.39 is 0 Å². The zero-order chi connectivity index (χ0) is 14.4. The second-order valence-corrected chi connectivity index (χ2v) is 6.39. The molecule has 0 bridgehead atoms. The van der Waals surface area contributed by atoms with Crippen LogP contribution >= 0.6 is 23.4 Å². The highest BCUT2D eigenvalue weighted by Gasteiger charge is 2.22. The number of rotatable bonds is 6. The maximum absolute atomic E-state index is 6.07. The highest BCUT2D eigenvalue weighted by atomic mass is 35.5. The molecule has 0 aromatic heterocycles. The molecule has 1 fully saturated rings. The molecule has 1 atom stereocenters. The average Bonchev–Trinajstić information content (AvgIpc) is 3.23. The number of halogens is 1. The van der Waals surface area contributed by atoms with Crippen molar-refractivity contribution in [2.24, 2.45) is 4.99 Å². The fourth-order valence-electron chi connectivity index (χ4n) is 1.94. The predicted octanol–water partition coefficient (Wildman–Crippen LogP) is 3.46. The second-order valence-electron chi connectivity index (χ2n) is 4.92. The van der Waals surface area contributed by atoms with E-state index in [1.54, 1.807) is 11.8 Å². The number of nitrogens with zero attached hydrogens (tertiary/aromatic N) is 1. The van der Waals surface area contributed by atoms with Crippen LogP contribution in [0.4, 0.5) is 0 Å². The Hall–Kier alpha value is -0.870. The normalized spacial score (nSPS) is 16.9. The van der Waals surface area contributed by atoms with Crippen LogP contribution in [0.1, 0.15) is 30.6 Å². The lowest BCUT2D eigenvalue weighted by Crippen LogP contribution is -2.38. The zero-order valence-corrected chi connectivity index (χ0v) is 13.6. The lowest BCUT2D eigenvalue weighted by Gasteiger charge is -2.15. The third kappa shape index (κ3) is 4.91. The monoisotopic (exact) mass is 311 g/mol. The summed E-state index contributed by atoms with van der Waals surface area (Å²) in [4.78, 5) is 4.70. The molecule has 0 heterocycles. The van der Waals surface area contributed by atoms with Crippen molar-refractivity contribution in [1.82, 2.24) is 10.6 Å². The zero-order valence-electron chi connectivity index (χ0n) is 12.0. The molecule has 20 heavy (non-hydrogen) atoms.